The second-order valence-electron chi connectivity index (χ2n) is 5.11. The number of likely N-dealkylation sites (N-methyl/N-ethyl adjacent to an activating group) is 1. The lowest BCUT2D eigenvalue weighted by Crippen LogP contribution is -2.38. The molecular formula is C11H23N3. The van der Waals surface area contributed by atoms with Gasteiger partial charge >= 0.3 is 0 Å². The van der Waals surface area contributed by atoms with Crippen molar-refractivity contribution < 1.29 is 0 Å². The number of hydrogen-bond acceptors (Lipinski definition) is 3. The minimum atomic E-state index is 0.760. The molecule has 2 aliphatic rings. The van der Waals surface area contributed by atoms with Gasteiger partial charge in [0, 0.05) is 31.7 Å². The molecule has 0 spiro atoms. The van der Waals surface area contributed by atoms with Gasteiger partial charge < -0.3 is 10.2 Å². The van der Waals surface area contributed by atoms with Gasteiger partial charge in [-0.3, -0.25) is 4.90 Å². The fourth-order valence-electron chi connectivity index (χ4n) is 2.91. The molecule has 0 saturated carbocycles. The van der Waals surface area contributed by atoms with Crippen LogP contribution >= 0.6 is 0 Å². The Morgan fingerprint density at radius 3 is 2.57 bits per heavy atom. The second kappa shape index (κ2) is 4.17. The van der Waals surface area contributed by atoms with E-state index in [-0.39, 0.29) is 0 Å². The molecule has 0 amide bonds. The van der Waals surface area contributed by atoms with Crippen molar-refractivity contribution in [2.24, 2.45) is 5.92 Å². The van der Waals surface area contributed by atoms with Gasteiger partial charge in [-0.2, -0.15) is 0 Å². The SMILES string of the molecule is CC1CN(C2CCNC2)CC1N(C)C. The molecule has 82 valence electrons. The molecule has 0 aromatic carbocycles. The van der Waals surface area contributed by atoms with Gasteiger partial charge in [0.15, 0.2) is 0 Å². The van der Waals surface area contributed by atoms with Crippen molar-refractivity contribution in [2.45, 2.75) is 25.4 Å². The highest BCUT2D eigenvalue weighted by Gasteiger charge is 2.35. The van der Waals surface area contributed by atoms with E-state index in [1.165, 1.54) is 32.6 Å². The molecule has 0 radical (unpaired) electrons. The Hall–Kier alpha value is -0.120. The summed E-state index contributed by atoms with van der Waals surface area (Å²) in [6.45, 7) is 7.35. The smallest absolute Gasteiger partial charge is 0.0254 e. The lowest BCUT2D eigenvalue weighted by molar-refractivity contribution is 0.224. The van der Waals surface area contributed by atoms with Crippen LogP contribution in [0.4, 0.5) is 0 Å². The number of rotatable bonds is 2. The lowest BCUT2D eigenvalue weighted by Gasteiger charge is -2.25. The van der Waals surface area contributed by atoms with Crippen LogP contribution in [-0.4, -0.2) is 62.2 Å². The van der Waals surface area contributed by atoms with Crippen LogP contribution in [0.15, 0.2) is 0 Å². The molecule has 1 N–H and O–H groups in total. The highest BCUT2D eigenvalue weighted by molar-refractivity contribution is 4.92. The van der Waals surface area contributed by atoms with Gasteiger partial charge in [0.25, 0.3) is 0 Å². The van der Waals surface area contributed by atoms with Crippen LogP contribution in [0, 0.1) is 5.92 Å². The molecule has 14 heavy (non-hydrogen) atoms. The van der Waals surface area contributed by atoms with E-state index in [1.807, 2.05) is 0 Å². The first kappa shape index (κ1) is 10.4. The molecule has 3 unspecified atom stereocenters. The van der Waals surface area contributed by atoms with Crippen molar-refractivity contribution in [1.29, 1.82) is 0 Å². The normalized spacial score (nSPS) is 39.9. The molecule has 0 aliphatic carbocycles. The molecular weight excluding hydrogens is 174 g/mol. The highest BCUT2D eigenvalue weighted by atomic mass is 15.3. The Kier molecular flexibility index (Phi) is 3.10. The Balaban J connectivity index is 1.91. The molecule has 0 bridgehead atoms. The summed E-state index contributed by atoms with van der Waals surface area (Å²) in [7, 11) is 4.41. The summed E-state index contributed by atoms with van der Waals surface area (Å²) in [4.78, 5) is 5.06. The number of nitrogens with zero attached hydrogens (tertiary/aromatic N) is 2. The van der Waals surface area contributed by atoms with Crippen molar-refractivity contribution in [1.82, 2.24) is 15.1 Å². The summed E-state index contributed by atoms with van der Waals surface area (Å²) >= 11 is 0. The molecule has 3 nitrogen and oxygen atoms in total. The zero-order chi connectivity index (χ0) is 10.1. The first-order chi connectivity index (χ1) is 6.68. The van der Waals surface area contributed by atoms with Crippen LogP contribution in [0.3, 0.4) is 0 Å². The van der Waals surface area contributed by atoms with Crippen LogP contribution < -0.4 is 5.32 Å². The van der Waals surface area contributed by atoms with Gasteiger partial charge in [0.2, 0.25) is 0 Å². The average Bonchev–Trinajstić information content (AvgIpc) is 2.70. The zero-order valence-electron chi connectivity index (χ0n) is 9.66. The molecule has 2 heterocycles. The van der Waals surface area contributed by atoms with Crippen molar-refractivity contribution in [3.8, 4) is 0 Å². The lowest BCUT2D eigenvalue weighted by atomic mass is 10.1. The Bertz CT molecular complexity index is 187. The Labute approximate surface area is 87.4 Å². The molecule has 3 atom stereocenters. The molecule has 3 heteroatoms. The zero-order valence-corrected chi connectivity index (χ0v) is 9.66. The largest absolute Gasteiger partial charge is 0.315 e. The van der Waals surface area contributed by atoms with E-state index in [4.69, 9.17) is 0 Å². The summed E-state index contributed by atoms with van der Waals surface area (Å²) < 4.78 is 0. The first-order valence-electron chi connectivity index (χ1n) is 5.79. The van der Waals surface area contributed by atoms with Crippen molar-refractivity contribution in [3.63, 3.8) is 0 Å². The Morgan fingerprint density at radius 2 is 2.07 bits per heavy atom. The maximum absolute atomic E-state index is 3.45. The van der Waals surface area contributed by atoms with Gasteiger partial charge in [-0.15, -0.1) is 0 Å². The van der Waals surface area contributed by atoms with Gasteiger partial charge in [0.05, 0.1) is 0 Å². The minimum Gasteiger partial charge on any atom is -0.315 e. The van der Waals surface area contributed by atoms with Gasteiger partial charge in [-0.25, -0.2) is 0 Å². The predicted octanol–water partition coefficient (Wildman–Crippen LogP) is 0.230. The third kappa shape index (κ3) is 1.95. The van der Waals surface area contributed by atoms with Crippen LogP contribution in [0.1, 0.15) is 13.3 Å². The highest BCUT2D eigenvalue weighted by Crippen LogP contribution is 2.23. The fourth-order valence-corrected chi connectivity index (χ4v) is 2.91. The summed E-state index contributed by atoms with van der Waals surface area (Å²) in [5, 5.41) is 3.45. The standard InChI is InChI=1S/C11H23N3/c1-9-7-14(8-11(9)13(2)3)10-4-5-12-6-10/h9-12H,4-8H2,1-3H3. The molecule has 2 fully saturated rings. The first-order valence-corrected chi connectivity index (χ1v) is 5.79. The summed E-state index contributed by atoms with van der Waals surface area (Å²) in [6.07, 6.45) is 1.34. The summed E-state index contributed by atoms with van der Waals surface area (Å²) in [5.74, 6) is 0.825. The molecule has 0 aromatic heterocycles. The Morgan fingerprint density at radius 1 is 1.29 bits per heavy atom. The van der Waals surface area contributed by atoms with Gasteiger partial charge in [-0.05, 0) is 33.0 Å². The van der Waals surface area contributed by atoms with Crippen LogP contribution in [0.5, 0.6) is 0 Å². The maximum atomic E-state index is 3.45. The number of likely N-dealkylation sites (tertiary alicyclic amines) is 1. The predicted molar refractivity (Wildman–Crippen MR) is 59.5 cm³/mol. The number of nitrogens with one attached hydrogen (secondary N) is 1. The topological polar surface area (TPSA) is 18.5 Å². The monoisotopic (exact) mass is 197 g/mol. The van der Waals surface area contributed by atoms with E-state index in [0.29, 0.717) is 0 Å². The van der Waals surface area contributed by atoms with Crippen molar-refractivity contribution in [2.75, 3.05) is 40.3 Å². The van der Waals surface area contributed by atoms with E-state index in [0.717, 1.165) is 18.0 Å². The second-order valence-corrected chi connectivity index (χ2v) is 5.11. The van der Waals surface area contributed by atoms with Crippen LogP contribution in [-0.2, 0) is 0 Å². The van der Waals surface area contributed by atoms with Crippen LogP contribution in [0.2, 0.25) is 0 Å². The quantitative estimate of drug-likeness (QED) is 0.684. The molecule has 2 rings (SSSR count). The van der Waals surface area contributed by atoms with Crippen molar-refractivity contribution in [3.05, 3.63) is 0 Å². The van der Waals surface area contributed by atoms with E-state index < -0.39 is 0 Å². The summed E-state index contributed by atoms with van der Waals surface area (Å²) in [6, 6.07) is 1.57. The molecule has 2 saturated heterocycles. The van der Waals surface area contributed by atoms with Crippen LogP contribution in [0.25, 0.3) is 0 Å². The van der Waals surface area contributed by atoms with Gasteiger partial charge in [0.1, 0.15) is 0 Å². The van der Waals surface area contributed by atoms with E-state index in [9.17, 15) is 0 Å². The maximum Gasteiger partial charge on any atom is 0.0254 e. The summed E-state index contributed by atoms with van der Waals surface area (Å²) in [5.41, 5.74) is 0. The van der Waals surface area contributed by atoms with E-state index in [2.05, 4.69) is 36.1 Å². The third-order valence-corrected chi connectivity index (χ3v) is 3.81. The fraction of sp³-hybridized carbons (Fsp3) is 1.00. The van der Waals surface area contributed by atoms with E-state index in [1.54, 1.807) is 0 Å². The van der Waals surface area contributed by atoms with E-state index >= 15 is 0 Å². The average molecular weight is 197 g/mol. The number of hydrogen-bond donors (Lipinski definition) is 1. The third-order valence-electron chi connectivity index (χ3n) is 3.81. The molecule has 0 aromatic rings. The minimum absolute atomic E-state index is 0.760. The molecule has 2 aliphatic heterocycles. The van der Waals surface area contributed by atoms with Gasteiger partial charge in [-0.1, -0.05) is 6.92 Å². The van der Waals surface area contributed by atoms with Crippen molar-refractivity contribution >= 4 is 0 Å².